The Labute approximate surface area is 174 Å². The Hall–Kier alpha value is -1.21. The Morgan fingerprint density at radius 3 is 2.78 bits per heavy atom. The number of nitrogens with zero attached hydrogens (tertiary/aromatic N) is 3. The Morgan fingerprint density at radius 1 is 1.22 bits per heavy atom. The van der Waals surface area contributed by atoms with E-state index in [1.165, 1.54) is 0 Å². The van der Waals surface area contributed by atoms with E-state index in [9.17, 15) is 0 Å². The first-order valence-electron chi connectivity index (χ1n) is 9.09. The standard InChI is InChI=1S/C19H24Cl2N4OS/c1-27-19-23-9-5-18(24-19)22-8-2-10-25-11-6-14(7-12-25)26-15-3-4-16(20)17(21)13-15/h3-5,9,13-14H,2,6-8,10-12H2,1H3,(H,22,23,24). The molecule has 2 heterocycles. The number of thioether (sulfide) groups is 1. The molecule has 0 bridgehead atoms. The molecule has 1 aliphatic rings. The van der Waals surface area contributed by atoms with Gasteiger partial charge in [-0.1, -0.05) is 35.0 Å². The number of piperidine rings is 1. The molecule has 0 radical (unpaired) electrons. The zero-order valence-corrected chi connectivity index (χ0v) is 17.7. The monoisotopic (exact) mass is 426 g/mol. The lowest BCUT2D eigenvalue weighted by molar-refractivity contribution is 0.100. The van der Waals surface area contributed by atoms with Crippen LogP contribution in [0.5, 0.6) is 5.75 Å². The normalized spacial score (nSPS) is 15.7. The Bertz CT molecular complexity index is 741. The summed E-state index contributed by atoms with van der Waals surface area (Å²) in [4.78, 5) is 11.1. The first-order valence-corrected chi connectivity index (χ1v) is 11.1. The second-order valence-corrected chi connectivity index (χ2v) is 8.03. The predicted octanol–water partition coefficient (Wildman–Crippen LogP) is 4.85. The summed E-state index contributed by atoms with van der Waals surface area (Å²) in [5.41, 5.74) is 0. The second-order valence-electron chi connectivity index (χ2n) is 6.44. The number of likely N-dealkylation sites (tertiary alicyclic amines) is 1. The van der Waals surface area contributed by atoms with Crippen LogP contribution in [0.25, 0.3) is 0 Å². The summed E-state index contributed by atoms with van der Waals surface area (Å²) < 4.78 is 6.05. The molecule has 27 heavy (non-hydrogen) atoms. The van der Waals surface area contributed by atoms with Crippen molar-refractivity contribution >= 4 is 40.8 Å². The highest BCUT2D eigenvalue weighted by Gasteiger charge is 2.20. The third kappa shape index (κ3) is 6.42. The van der Waals surface area contributed by atoms with Gasteiger partial charge in [-0.2, -0.15) is 0 Å². The number of hydrogen-bond donors (Lipinski definition) is 1. The highest BCUT2D eigenvalue weighted by molar-refractivity contribution is 7.98. The summed E-state index contributed by atoms with van der Waals surface area (Å²) >= 11 is 13.6. The summed E-state index contributed by atoms with van der Waals surface area (Å²) in [5, 5.41) is 5.26. The van der Waals surface area contributed by atoms with Gasteiger partial charge < -0.3 is 15.0 Å². The molecule has 1 N–H and O–H groups in total. The molecular weight excluding hydrogens is 403 g/mol. The topological polar surface area (TPSA) is 50.3 Å². The second kappa shape index (κ2) is 10.4. The Kier molecular flexibility index (Phi) is 7.88. The molecular formula is C19H24Cl2N4OS. The van der Waals surface area contributed by atoms with Gasteiger partial charge in [0.2, 0.25) is 0 Å². The van der Waals surface area contributed by atoms with Gasteiger partial charge >= 0.3 is 0 Å². The number of hydrogen-bond acceptors (Lipinski definition) is 6. The fourth-order valence-corrected chi connectivity index (χ4v) is 3.69. The molecule has 1 aliphatic heterocycles. The molecule has 0 aliphatic carbocycles. The molecule has 0 amide bonds. The van der Waals surface area contributed by atoms with Crippen molar-refractivity contribution in [1.29, 1.82) is 0 Å². The van der Waals surface area contributed by atoms with Gasteiger partial charge in [0.05, 0.1) is 10.0 Å². The predicted molar refractivity (Wildman–Crippen MR) is 113 cm³/mol. The Balaban J connectivity index is 1.34. The molecule has 1 aromatic heterocycles. The summed E-state index contributed by atoms with van der Waals surface area (Å²) in [6.07, 6.45) is 7.14. The molecule has 0 saturated carbocycles. The molecule has 5 nitrogen and oxygen atoms in total. The van der Waals surface area contributed by atoms with Crippen LogP contribution in [-0.2, 0) is 0 Å². The maximum atomic E-state index is 6.05. The zero-order valence-electron chi connectivity index (χ0n) is 15.3. The first kappa shape index (κ1) is 20.5. The van der Waals surface area contributed by atoms with E-state index in [2.05, 4.69) is 20.2 Å². The van der Waals surface area contributed by atoms with Crippen LogP contribution in [0, 0.1) is 0 Å². The van der Waals surface area contributed by atoms with Crippen molar-refractivity contribution in [3.05, 3.63) is 40.5 Å². The highest BCUT2D eigenvalue weighted by atomic mass is 35.5. The van der Waals surface area contributed by atoms with E-state index >= 15 is 0 Å². The minimum Gasteiger partial charge on any atom is -0.490 e. The van der Waals surface area contributed by atoms with Crippen LogP contribution in [-0.4, -0.2) is 53.4 Å². The lowest BCUT2D eigenvalue weighted by Gasteiger charge is -2.32. The van der Waals surface area contributed by atoms with Crippen molar-refractivity contribution in [2.45, 2.75) is 30.5 Å². The average molecular weight is 427 g/mol. The number of benzene rings is 1. The van der Waals surface area contributed by atoms with Crippen LogP contribution in [0.2, 0.25) is 10.0 Å². The molecule has 2 aromatic rings. The molecule has 3 rings (SSSR count). The van der Waals surface area contributed by atoms with Gasteiger partial charge in [0.1, 0.15) is 17.7 Å². The molecule has 0 unspecified atom stereocenters. The van der Waals surface area contributed by atoms with Crippen molar-refractivity contribution in [3.8, 4) is 5.75 Å². The quantitative estimate of drug-likeness (QED) is 0.369. The lowest BCUT2D eigenvalue weighted by atomic mass is 10.1. The Morgan fingerprint density at radius 2 is 2.04 bits per heavy atom. The number of rotatable bonds is 8. The summed E-state index contributed by atoms with van der Waals surface area (Å²) in [6, 6.07) is 7.35. The van der Waals surface area contributed by atoms with Crippen molar-refractivity contribution < 1.29 is 4.74 Å². The molecule has 1 aromatic carbocycles. The van der Waals surface area contributed by atoms with Crippen LogP contribution >= 0.6 is 35.0 Å². The SMILES string of the molecule is CSc1nccc(NCCCN2CCC(Oc3ccc(Cl)c(Cl)c3)CC2)n1. The third-order valence-corrected chi connectivity index (χ3v) is 5.80. The third-order valence-electron chi connectivity index (χ3n) is 4.50. The summed E-state index contributed by atoms with van der Waals surface area (Å²) in [7, 11) is 0. The summed E-state index contributed by atoms with van der Waals surface area (Å²) in [5.74, 6) is 1.68. The minimum atomic E-state index is 0.239. The summed E-state index contributed by atoms with van der Waals surface area (Å²) in [6.45, 7) is 4.09. The van der Waals surface area contributed by atoms with E-state index in [-0.39, 0.29) is 6.10 Å². The van der Waals surface area contributed by atoms with Gasteiger partial charge in [-0.05, 0) is 50.3 Å². The smallest absolute Gasteiger partial charge is 0.189 e. The number of aromatic nitrogens is 2. The van der Waals surface area contributed by atoms with E-state index in [1.807, 2.05) is 18.4 Å². The van der Waals surface area contributed by atoms with Crippen LogP contribution in [0.3, 0.4) is 0 Å². The molecule has 8 heteroatoms. The first-order chi connectivity index (χ1) is 13.1. The van der Waals surface area contributed by atoms with Crippen molar-refractivity contribution in [3.63, 3.8) is 0 Å². The van der Waals surface area contributed by atoms with Crippen LogP contribution in [0.1, 0.15) is 19.3 Å². The van der Waals surface area contributed by atoms with E-state index in [0.29, 0.717) is 10.0 Å². The van der Waals surface area contributed by atoms with Crippen LogP contribution in [0.15, 0.2) is 35.6 Å². The number of anilines is 1. The molecule has 0 spiro atoms. The zero-order chi connectivity index (χ0) is 19.1. The maximum Gasteiger partial charge on any atom is 0.189 e. The van der Waals surface area contributed by atoms with Crippen molar-refractivity contribution in [1.82, 2.24) is 14.9 Å². The van der Waals surface area contributed by atoms with Crippen molar-refractivity contribution in [2.24, 2.45) is 0 Å². The number of nitrogens with one attached hydrogen (secondary N) is 1. The maximum absolute atomic E-state index is 6.05. The molecule has 1 fully saturated rings. The van der Waals surface area contributed by atoms with E-state index in [0.717, 1.165) is 62.2 Å². The van der Waals surface area contributed by atoms with Gasteiger partial charge in [0, 0.05) is 31.9 Å². The van der Waals surface area contributed by atoms with E-state index in [4.69, 9.17) is 27.9 Å². The fourth-order valence-electron chi connectivity index (χ4n) is 3.05. The van der Waals surface area contributed by atoms with Gasteiger partial charge in [-0.3, -0.25) is 0 Å². The number of ether oxygens (including phenoxy) is 1. The average Bonchev–Trinajstić information content (AvgIpc) is 2.69. The van der Waals surface area contributed by atoms with E-state index in [1.54, 1.807) is 30.1 Å². The van der Waals surface area contributed by atoms with Gasteiger partial charge in [0.25, 0.3) is 0 Å². The molecule has 1 saturated heterocycles. The lowest BCUT2D eigenvalue weighted by Crippen LogP contribution is -2.39. The largest absolute Gasteiger partial charge is 0.490 e. The van der Waals surface area contributed by atoms with Crippen LogP contribution < -0.4 is 10.1 Å². The van der Waals surface area contributed by atoms with E-state index < -0.39 is 0 Å². The van der Waals surface area contributed by atoms with Crippen molar-refractivity contribution in [2.75, 3.05) is 37.8 Å². The fraction of sp³-hybridized carbons (Fsp3) is 0.474. The van der Waals surface area contributed by atoms with Gasteiger partial charge in [-0.25, -0.2) is 9.97 Å². The molecule has 146 valence electrons. The highest BCUT2D eigenvalue weighted by Crippen LogP contribution is 2.28. The minimum absolute atomic E-state index is 0.239. The van der Waals surface area contributed by atoms with Crippen LogP contribution in [0.4, 0.5) is 5.82 Å². The van der Waals surface area contributed by atoms with Gasteiger partial charge in [-0.15, -0.1) is 0 Å². The van der Waals surface area contributed by atoms with Gasteiger partial charge in [0.15, 0.2) is 5.16 Å². The number of halogens is 2. The molecule has 0 atom stereocenters.